The fraction of sp³-hybridized carbons (Fsp3) is 0.500. The highest BCUT2D eigenvalue weighted by molar-refractivity contribution is 6.30. The Morgan fingerprint density at radius 2 is 2.00 bits per heavy atom. The largest absolute Gasteiger partial charge is 0.481 e. The SMILES string of the molecule is CC(C)(CNC(=O)NCCCC(=O)O)Cc1cccc(Cl)c1. The molecule has 0 aromatic heterocycles. The summed E-state index contributed by atoms with van der Waals surface area (Å²) < 4.78 is 0. The third-order valence-corrected chi connectivity index (χ3v) is 3.39. The van der Waals surface area contributed by atoms with Crippen LogP contribution in [0.2, 0.25) is 5.02 Å². The molecule has 0 aliphatic heterocycles. The van der Waals surface area contributed by atoms with E-state index in [0.717, 1.165) is 12.0 Å². The molecule has 0 saturated carbocycles. The lowest BCUT2D eigenvalue weighted by molar-refractivity contribution is -0.137. The fourth-order valence-corrected chi connectivity index (χ4v) is 2.30. The van der Waals surface area contributed by atoms with E-state index >= 15 is 0 Å². The standard InChI is InChI=1S/C16H23ClN2O3/c1-16(2,10-12-5-3-6-13(17)9-12)11-19-15(22)18-8-4-7-14(20)21/h3,5-6,9H,4,7-8,10-11H2,1-2H3,(H,20,21)(H2,18,19,22). The van der Waals surface area contributed by atoms with Crippen molar-refractivity contribution < 1.29 is 14.7 Å². The smallest absolute Gasteiger partial charge is 0.314 e. The number of carbonyl (C=O) groups excluding carboxylic acids is 1. The Morgan fingerprint density at radius 1 is 1.27 bits per heavy atom. The molecule has 0 bridgehead atoms. The molecule has 1 aromatic rings. The molecule has 0 radical (unpaired) electrons. The highest BCUT2D eigenvalue weighted by atomic mass is 35.5. The van der Waals surface area contributed by atoms with Gasteiger partial charge in [-0.25, -0.2) is 4.79 Å². The normalized spacial score (nSPS) is 11.0. The predicted octanol–water partition coefficient (Wildman–Crippen LogP) is 3.07. The number of nitrogens with one attached hydrogen (secondary N) is 2. The average Bonchev–Trinajstić information content (AvgIpc) is 2.41. The number of carbonyl (C=O) groups is 2. The zero-order valence-corrected chi connectivity index (χ0v) is 13.7. The quantitative estimate of drug-likeness (QED) is 0.642. The van der Waals surface area contributed by atoms with Crippen molar-refractivity contribution in [1.82, 2.24) is 10.6 Å². The first-order valence-corrected chi connectivity index (χ1v) is 7.64. The molecule has 122 valence electrons. The summed E-state index contributed by atoms with van der Waals surface area (Å²) in [6.45, 7) is 5.01. The lowest BCUT2D eigenvalue weighted by atomic mass is 9.86. The van der Waals surface area contributed by atoms with Crippen molar-refractivity contribution in [1.29, 1.82) is 0 Å². The van der Waals surface area contributed by atoms with Crippen LogP contribution in [0.3, 0.4) is 0 Å². The van der Waals surface area contributed by atoms with E-state index < -0.39 is 5.97 Å². The molecule has 0 atom stereocenters. The number of carboxylic acids is 1. The molecular formula is C16H23ClN2O3. The molecule has 0 unspecified atom stereocenters. The molecular weight excluding hydrogens is 304 g/mol. The van der Waals surface area contributed by atoms with Crippen molar-refractivity contribution in [3.05, 3.63) is 34.9 Å². The highest BCUT2D eigenvalue weighted by Gasteiger charge is 2.19. The molecule has 6 heteroatoms. The van der Waals surface area contributed by atoms with Crippen LogP contribution < -0.4 is 10.6 Å². The molecule has 0 saturated heterocycles. The van der Waals surface area contributed by atoms with Gasteiger partial charge in [0, 0.05) is 24.5 Å². The van der Waals surface area contributed by atoms with E-state index in [1.165, 1.54) is 0 Å². The van der Waals surface area contributed by atoms with Gasteiger partial charge in [-0.1, -0.05) is 37.6 Å². The molecule has 1 aromatic carbocycles. The summed E-state index contributed by atoms with van der Waals surface area (Å²) >= 11 is 5.97. The van der Waals surface area contributed by atoms with Crippen LogP contribution in [0.4, 0.5) is 4.79 Å². The van der Waals surface area contributed by atoms with Crippen LogP contribution in [0, 0.1) is 5.41 Å². The van der Waals surface area contributed by atoms with Gasteiger partial charge in [-0.2, -0.15) is 0 Å². The molecule has 0 spiro atoms. The lowest BCUT2D eigenvalue weighted by Gasteiger charge is -2.25. The first-order chi connectivity index (χ1) is 10.3. The summed E-state index contributed by atoms with van der Waals surface area (Å²) in [5.41, 5.74) is 1.02. The Morgan fingerprint density at radius 3 is 2.64 bits per heavy atom. The first-order valence-electron chi connectivity index (χ1n) is 7.26. The number of amides is 2. The van der Waals surface area contributed by atoms with Crippen LogP contribution in [0.25, 0.3) is 0 Å². The molecule has 22 heavy (non-hydrogen) atoms. The Balaban J connectivity index is 2.32. The van der Waals surface area contributed by atoms with Gasteiger partial charge in [0.1, 0.15) is 0 Å². The van der Waals surface area contributed by atoms with Gasteiger partial charge in [-0.15, -0.1) is 0 Å². The summed E-state index contributed by atoms with van der Waals surface area (Å²) in [5.74, 6) is -0.857. The number of carboxylic acid groups (broad SMARTS) is 1. The van der Waals surface area contributed by atoms with Gasteiger partial charge in [-0.3, -0.25) is 4.79 Å². The number of hydrogen-bond donors (Lipinski definition) is 3. The van der Waals surface area contributed by atoms with Crippen LogP contribution in [0.1, 0.15) is 32.3 Å². The Kier molecular flexibility index (Phi) is 7.18. The van der Waals surface area contributed by atoms with Crippen LogP contribution in [0.5, 0.6) is 0 Å². The van der Waals surface area contributed by atoms with Crippen molar-refractivity contribution >= 4 is 23.6 Å². The first kappa shape index (κ1) is 18.3. The minimum absolute atomic E-state index is 0.0561. The molecule has 3 N–H and O–H groups in total. The van der Waals surface area contributed by atoms with E-state index in [-0.39, 0.29) is 17.9 Å². The van der Waals surface area contributed by atoms with Crippen molar-refractivity contribution in [2.24, 2.45) is 5.41 Å². The number of halogens is 1. The van der Waals surface area contributed by atoms with Crippen LogP contribution >= 0.6 is 11.6 Å². The Labute approximate surface area is 136 Å². The topological polar surface area (TPSA) is 78.4 Å². The third-order valence-electron chi connectivity index (χ3n) is 3.15. The zero-order valence-electron chi connectivity index (χ0n) is 13.0. The summed E-state index contributed by atoms with van der Waals surface area (Å²) in [6.07, 6.45) is 1.28. The Bertz CT molecular complexity index is 518. The highest BCUT2D eigenvalue weighted by Crippen LogP contribution is 2.22. The van der Waals surface area contributed by atoms with E-state index in [1.54, 1.807) is 0 Å². The average molecular weight is 327 g/mol. The summed E-state index contributed by atoms with van der Waals surface area (Å²) in [6, 6.07) is 7.41. The zero-order chi connectivity index (χ0) is 16.6. The van der Waals surface area contributed by atoms with Gasteiger partial charge in [0.15, 0.2) is 0 Å². The molecule has 0 aliphatic carbocycles. The number of urea groups is 1. The maximum Gasteiger partial charge on any atom is 0.314 e. The number of rotatable bonds is 8. The molecule has 1 rings (SSSR count). The van der Waals surface area contributed by atoms with Crippen LogP contribution in [-0.4, -0.2) is 30.2 Å². The van der Waals surface area contributed by atoms with Crippen molar-refractivity contribution in [2.75, 3.05) is 13.1 Å². The number of benzene rings is 1. The van der Waals surface area contributed by atoms with E-state index in [1.807, 2.05) is 24.3 Å². The molecule has 0 heterocycles. The van der Waals surface area contributed by atoms with Crippen LogP contribution in [-0.2, 0) is 11.2 Å². The predicted molar refractivity (Wildman–Crippen MR) is 87.2 cm³/mol. The number of aliphatic carboxylic acids is 1. The lowest BCUT2D eigenvalue weighted by Crippen LogP contribution is -2.41. The van der Waals surface area contributed by atoms with Gasteiger partial charge in [-0.05, 0) is 36.0 Å². The molecule has 0 fully saturated rings. The Hall–Kier alpha value is -1.75. The molecule has 2 amide bonds. The second-order valence-electron chi connectivity index (χ2n) is 6.08. The maximum atomic E-state index is 11.7. The van der Waals surface area contributed by atoms with E-state index in [0.29, 0.717) is 24.5 Å². The van der Waals surface area contributed by atoms with Gasteiger partial charge >= 0.3 is 12.0 Å². The van der Waals surface area contributed by atoms with Gasteiger partial charge in [0.05, 0.1) is 0 Å². The second-order valence-corrected chi connectivity index (χ2v) is 6.51. The third kappa shape index (κ3) is 7.88. The second kappa shape index (κ2) is 8.63. The minimum atomic E-state index is -0.857. The molecule has 0 aliphatic rings. The van der Waals surface area contributed by atoms with Gasteiger partial charge in [0.25, 0.3) is 0 Å². The van der Waals surface area contributed by atoms with Crippen molar-refractivity contribution in [3.8, 4) is 0 Å². The monoisotopic (exact) mass is 326 g/mol. The van der Waals surface area contributed by atoms with Gasteiger partial charge in [0.2, 0.25) is 0 Å². The summed E-state index contributed by atoms with van der Waals surface area (Å²) in [4.78, 5) is 22.0. The fourth-order valence-electron chi connectivity index (χ4n) is 2.09. The van der Waals surface area contributed by atoms with Gasteiger partial charge < -0.3 is 15.7 Å². The van der Waals surface area contributed by atoms with Crippen LogP contribution in [0.15, 0.2) is 24.3 Å². The van der Waals surface area contributed by atoms with E-state index in [9.17, 15) is 9.59 Å². The van der Waals surface area contributed by atoms with Crippen molar-refractivity contribution in [2.45, 2.75) is 33.1 Å². The summed E-state index contributed by atoms with van der Waals surface area (Å²) in [7, 11) is 0. The van der Waals surface area contributed by atoms with Crippen molar-refractivity contribution in [3.63, 3.8) is 0 Å². The molecule has 5 nitrogen and oxygen atoms in total. The maximum absolute atomic E-state index is 11.7. The van der Waals surface area contributed by atoms with E-state index in [2.05, 4.69) is 24.5 Å². The minimum Gasteiger partial charge on any atom is -0.481 e. The summed E-state index contributed by atoms with van der Waals surface area (Å²) in [5, 5.41) is 14.7. The van der Waals surface area contributed by atoms with E-state index in [4.69, 9.17) is 16.7 Å². The number of hydrogen-bond acceptors (Lipinski definition) is 2.